The summed E-state index contributed by atoms with van der Waals surface area (Å²) in [4.78, 5) is 4.45. The molecule has 0 fully saturated rings. The first-order valence-corrected chi connectivity index (χ1v) is 5.88. The molecule has 0 aliphatic rings. The van der Waals surface area contributed by atoms with Gasteiger partial charge in [-0.15, -0.1) is 0 Å². The number of aryl methyl sites for hydroxylation is 1. The molecule has 2 nitrogen and oxygen atoms in total. The van der Waals surface area contributed by atoms with E-state index in [0.717, 1.165) is 25.9 Å². The zero-order valence-electron chi connectivity index (χ0n) is 8.34. The Balaban J connectivity index is 2.91. The first-order chi connectivity index (χ1) is 7.13. The number of fused-ring (bicyclic) bond motifs is 1. The molecule has 2 aromatic rings. The smallest absolute Gasteiger partial charge is 0.158 e. The van der Waals surface area contributed by atoms with Crippen LogP contribution in [0, 0.1) is 10.5 Å². The largest absolute Gasteiger partial charge is 0.493 e. The van der Waals surface area contributed by atoms with Crippen molar-refractivity contribution < 1.29 is 4.74 Å². The van der Waals surface area contributed by atoms with Crippen LogP contribution in [0.2, 0.25) is 5.02 Å². The van der Waals surface area contributed by atoms with E-state index >= 15 is 0 Å². The van der Waals surface area contributed by atoms with Gasteiger partial charge in [-0.3, -0.25) is 0 Å². The Kier molecular flexibility index (Phi) is 3.02. The fraction of sp³-hybridized carbons (Fsp3) is 0.182. The van der Waals surface area contributed by atoms with E-state index in [0.29, 0.717) is 5.02 Å². The Morgan fingerprint density at radius 2 is 2.13 bits per heavy atom. The molecule has 0 radical (unpaired) electrons. The first-order valence-electron chi connectivity index (χ1n) is 4.43. The van der Waals surface area contributed by atoms with E-state index in [2.05, 4.69) is 27.6 Å². The van der Waals surface area contributed by atoms with Gasteiger partial charge in [-0.1, -0.05) is 11.6 Å². The number of rotatable bonds is 1. The molecule has 0 atom stereocenters. The molecular weight excluding hydrogens is 324 g/mol. The summed E-state index contributed by atoms with van der Waals surface area (Å²) in [7, 11) is 1.65. The molecule has 15 heavy (non-hydrogen) atoms. The van der Waals surface area contributed by atoms with Gasteiger partial charge in [0.2, 0.25) is 0 Å². The third-order valence-corrected chi connectivity index (χ3v) is 3.30. The van der Waals surface area contributed by atoms with Crippen LogP contribution in [-0.2, 0) is 0 Å². The summed E-state index contributed by atoms with van der Waals surface area (Å²) in [5.41, 5.74) is 1.79. The highest BCUT2D eigenvalue weighted by molar-refractivity contribution is 14.1. The number of ether oxygens (including phenoxy) is 1. The summed E-state index contributed by atoms with van der Waals surface area (Å²) in [6, 6.07) is 5.80. The highest BCUT2D eigenvalue weighted by Crippen LogP contribution is 2.34. The van der Waals surface area contributed by atoms with Gasteiger partial charge in [-0.05, 0) is 47.7 Å². The minimum Gasteiger partial charge on any atom is -0.493 e. The fourth-order valence-corrected chi connectivity index (χ4v) is 2.72. The van der Waals surface area contributed by atoms with Gasteiger partial charge in [0.25, 0.3) is 0 Å². The summed E-state index contributed by atoms with van der Waals surface area (Å²) in [6.45, 7) is 1.95. The van der Waals surface area contributed by atoms with Gasteiger partial charge in [0.1, 0.15) is 5.52 Å². The lowest BCUT2D eigenvalue weighted by Crippen LogP contribution is -1.93. The lowest BCUT2D eigenvalue weighted by atomic mass is 10.2. The van der Waals surface area contributed by atoms with Gasteiger partial charge in [-0.25, -0.2) is 4.98 Å². The summed E-state index contributed by atoms with van der Waals surface area (Å²) >= 11 is 8.34. The van der Waals surface area contributed by atoms with Crippen molar-refractivity contribution in [2.75, 3.05) is 7.11 Å². The predicted molar refractivity (Wildman–Crippen MR) is 70.8 cm³/mol. The summed E-state index contributed by atoms with van der Waals surface area (Å²) < 4.78 is 6.32. The van der Waals surface area contributed by atoms with Gasteiger partial charge in [0, 0.05) is 11.1 Å². The Bertz CT molecular complexity index is 527. The molecule has 0 aliphatic heterocycles. The Morgan fingerprint density at radius 3 is 2.80 bits per heavy atom. The average molecular weight is 334 g/mol. The maximum absolute atomic E-state index is 6.14. The monoisotopic (exact) mass is 333 g/mol. The van der Waals surface area contributed by atoms with Crippen molar-refractivity contribution in [2.24, 2.45) is 0 Å². The maximum atomic E-state index is 6.14. The van der Waals surface area contributed by atoms with E-state index < -0.39 is 0 Å². The fourth-order valence-electron chi connectivity index (χ4n) is 1.48. The second-order valence-electron chi connectivity index (χ2n) is 3.22. The first kappa shape index (κ1) is 11.0. The normalized spacial score (nSPS) is 10.7. The van der Waals surface area contributed by atoms with E-state index in [1.54, 1.807) is 7.11 Å². The molecule has 4 heteroatoms. The molecule has 0 amide bonds. The molecule has 0 N–H and O–H groups in total. The number of aromatic nitrogens is 1. The van der Waals surface area contributed by atoms with Crippen LogP contribution < -0.4 is 4.74 Å². The van der Waals surface area contributed by atoms with Crippen molar-refractivity contribution in [1.82, 2.24) is 4.98 Å². The van der Waals surface area contributed by atoms with Crippen molar-refractivity contribution in [2.45, 2.75) is 6.92 Å². The summed E-state index contributed by atoms with van der Waals surface area (Å²) in [6.07, 6.45) is 0. The molecule has 0 saturated carbocycles. The topological polar surface area (TPSA) is 22.1 Å². The SMILES string of the molecule is COc1c(I)cc(Cl)c2ccc(C)nc12. The lowest BCUT2D eigenvalue weighted by Gasteiger charge is -2.09. The molecule has 0 saturated heterocycles. The molecule has 0 aliphatic carbocycles. The van der Waals surface area contributed by atoms with Crippen LogP contribution in [0.15, 0.2) is 18.2 Å². The van der Waals surface area contributed by atoms with E-state index in [1.807, 2.05) is 25.1 Å². The van der Waals surface area contributed by atoms with Crippen LogP contribution in [0.5, 0.6) is 5.75 Å². The van der Waals surface area contributed by atoms with Gasteiger partial charge < -0.3 is 4.74 Å². The molecule has 0 spiro atoms. The zero-order chi connectivity index (χ0) is 11.0. The zero-order valence-corrected chi connectivity index (χ0v) is 11.3. The average Bonchev–Trinajstić information content (AvgIpc) is 2.17. The van der Waals surface area contributed by atoms with E-state index in [-0.39, 0.29) is 0 Å². The molecule has 1 aromatic heterocycles. The quantitative estimate of drug-likeness (QED) is 0.740. The van der Waals surface area contributed by atoms with Crippen LogP contribution in [0.4, 0.5) is 0 Å². The third kappa shape index (κ3) is 1.90. The highest BCUT2D eigenvalue weighted by atomic mass is 127. The highest BCUT2D eigenvalue weighted by Gasteiger charge is 2.11. The lowest BCUT2D eigenvalue weighted by molar-refractivity contribution is 0.416. The van der Waals surface area contributed by atoms with E-state index in [9.17, 15) is 0 Å². The van der Waals surface area contributed by atoms with Crippen molar-refractivity contribution >= 4 is 45.1 Å². The number of hydrogen-bond donors (Lipinski definition) is 0. The Labute approximate surface area is 107 Å². The van der Waals surface area contributed by atoms with Gasteiger partial charge >= 0.3 is 0 Å². The number of pyridine rings is 1. The molecule has 0 bridgehead atoms. The van der Waals surface area contributed by atoms with Crippen molar-refractivity contribution in [3.8, 4) is 5.75 Å². The van der Waals surface area contributed by atoms with E-state index in [4.69, 9.17) is 16.3 Å². The van der Waals surface area contributed by atoms with Crippen LogP contribution in [0.3, 0.4) is 0 Å². The van der Waals surface area contributed by atoms with Gasteiger partial charge in [-0.2, -0.15) is 0 Å². The number of methoxy groups -OCH3 is 1. The van der Waals surface area contributed by atoms with Gasteiger partial charge in [0.05, 0.1) is 15.7 Å². The van der Waals surface area contributed by atoms with Crippen LogP contribution >= 0.6 is 34.2 Å². The van der Waals surface area contributed by atoms with Crippen LogP contribution in [-0.4, -0.2) is 12.1 Å². The number of halogens is 2. The molecule has 78 valence electrons. The minimum atomic E-state index is 0.711. The van der Waals surface area contributed by atoms with Crippen LogP contribution in [0.1, 0.15) is 5.69 Å². The molecule has 0 unspecified atom stereocenters. The van der Waals surface area contributed by atoms with Crippen molar-refractivity contribution in [1.29, 1.82) is 0 Å². The maximum Gasteiger partial charge on any atom is 0.158 e. The Hall–Kier alpha value is -0.550. The van der Waals surface area contributed by atoms with Crippen molar-refractivity contribution in [3.63, 3.8) is 0 Å². The summed E-state index contributed by atoms with van der Waals surface area (Å²) in [5, 5.41) is 1.64. The van der Waals surface area contributed by atoms with E-state index in [1.165, 1.54) is 0 Å². The summed E-state index contributed by atoms with van der Waals surface area (Å²) in [5.74, 6) is 0.790. The predicted octanol–water partition coefficient (Wildman–Crippen LogP) is 3.81. The minimum absolute atomic E-state index is 0.711. The van der Waals surface area contributed by atoms with Crippen molar-refractivity contribution in [3.05, 3.63) is 32.5 Å². The Morgan fingerprint density at radius 1 is 1.40 bits per heavy atom. The number of nitrogens with zero attached hydrogens (tertiary/aromatic N) is 1. The number of benzene rings is 1. The molecule has 1 heterocycles. The third-order valence-electron chi connectivity index (χ3n) is 2.18. The molecule has 2 rings (SSSR count). The second kappa shape index (κ2) is 4.14. The van der Waals surface area contributed by atoms with Gasteiger partial charge in [0.15, 0.2) is 5.75 Å². The molecule has 1 aromatic carbocycles. The standard InChI is InChI=1S/C11H9ClINO/c1-6-3-4-7-8(12)5-9(13)11(15-2)10(7)14-6/h3-5H,1-2H3. The van der Waals surface area contributed by atoms with Crippen LogP contribution in [0.25, 0.3) is 10.9 Å². The number of hydrogen-bond acceptors (Lipinski definition) is 2. The second-order valence-corrected chi connectivity index (χ2v) is 4.79. The molecular formula is C11H9ClINO.